The van der Waals surface area contributed by atoms with E-state index in [-0.39, 0.29) is 17.9 Å². The molecule has 116 valence electrons. The molecule has 1 aromatic heterocycles. The monoisotopic (exact) mass is 326 g/mol. The fourth-order valence-electron chi connectivity index (χ4n) is 2.61. The predicted molar refractivity (Wildman–Crippen MR) is 93.1 cm³/mol. The number of halogens is 1. The summed E-state index contributed by atoms with van der Waals surface area (Å²) in [6.45, 7) is 1.70. The first kappa shape index (κ1) is 15.3. The molecular formula is C18H15ClN2O2. The van der Waals surface area contributed by atoms with Gasteiger partial charge in [0.15, 0.2) is 0 Å². The van der Waals surface area contributed by atoms with Crippen molar-refractivity contribution in [1.82, 2.24) is 4.57 Å². The fourth-order valence-corrected chi connectivity index (χ4v) is 2.82. The molecule has 2 N–H and O–H groups in total. The summed E-state index contributed by atoms with van der Waals surface area (Å²) < 4.78 is 1.20. The molecule has 0 bridgehead atoms. The van der Waals surface area contributed by atoms with E-state index in [1.807, 2.05) is 0 Å². The van der Waals surface area contributed by atoms with E-state index < -0.39 is 0 Å². The second-order valence-electron chi connectivity index (χ2n) is 5.49. The third-order valence-electron chi connectivity index (χ3n) is 3.70. The van der Waals surface area contributed by atoms with E-state index in [0.29, 0.717) is 21.8 Å². The van der Waals surface area contributed by atoms with Gasteiger partial charge in [0.1, 0.15) is 0 Å². The SMILES string of the molecule is Cc1cc2ccc(N)cc2n(C(=O)Cc2cccc(Cl)c2)c1=O. The van der Waals surface area contributed by atoms with Crippen molar-refractivity contribution in [2.24, 2.45) is 0 Å². The lowest BCUT2D eigenvalue weighted by atomic mass is 10.1. The zero-order valence-corrected chi connectivity index (χ0v) is 13.3. The summed E-state index contributed by atoms with van der Waals surface area (Å²) in [5.74, 6) is -0.309. The summed E-state index contributed by atoms with van der Waals surface area (Å²) in [6.07, 6.45) is 0.0911. The summed E-state index contributed by atoms with van der Waals surface area (Å²) in [7, 11) is 0. The summed E-state index contributed by atoms with van der Waals surface area (Å²) in [4.78, 5) is 25.2. The van der Waals surface area contributed by atoms with E-state index in [9.17, 15) is 9.59 Å². The van der Waals surface area contributed by atoms with Crippen molar-refractivity contribution in [3.05, 3.63) is 75.0 Å². The summed E-state index contributed by atoms with van der Waals surface area (Å²) in [5, 5.41) is 1.36. The Labute approximate surface area is 138 Å². The molecule has 4 nitrogen and oxygen atoms in total. The van der Waals surface area contributed by atoms with Crippen LogP contribution in [0.2, 0.25) is 5.02 Å². The van der Waals surface area contributed by atoms with E-state index in [1.54, 1.807) is 55.5 Å². The first-order valence-electron chi connectivity index (χ1n) is 7.15. The number of nitrogens with zero attached hydrogens (tertiary/aromatic N) is 1. The Balaban J connectivity index is 2.14. The highest BCUT2D eigenvalue weighted by Gasteiger charge is 2.14. The maximum atomic E-state index is 12.7. The lowest BCUT2D eigenvalue weighted by Gasteiger charge is -2.11. The van der Waals surface area contributed by atoms with Gasteiger partial charge in [0, 0.05) is 16.3 Å². The van der Waals surface area contributed by atoms with Crippen LogP contribution in [0.5, 0.6) is 0 Å². The minimum absolute atomic E-state index is 0.0911. The molecule has 2 aromatic carbocycles. The lowest BCUT2D eigenvalue weighted by Crippen LogP contribution is -2.29. The first-order valence-corrected chi connectivity index (χ1v) is 7.53. The number of carbonyl (C=O) groups is 1. The number of nitrogens with two attached hydrogens (primary N) is 1. The van der Waals surface area contributed by atoms with Gasteiger partial charge in [0.05, 0.1) is 11.9 Å². The van der Waals surface area contributed by atoms with E-state index >= 15 is 0 Å². The van der Waals surface area contributed by atoms with E-state index in [2.05, 4.69) is 0 Å². The van der Waals surface area contributed by atoms with Crippen LogP contribution < -0.4 is 11.3 Å². The lowest BCUT2D eigenvalue weighted by molar-refractivity contribution is 0.0915. The molecule has 0 aliphatic carbocycles. The van der Waals surface area contributed by atoms with Crippen LogP contribution in [0.3, 0.4) is 0 Å². The van der Waals surface area contributed by atoms with E-state index in [1.165, 1.54) is 4.57 Å². The standard InChI is InChI=1S/C18H15ClN2O2/c1-11-7-13-5-6-15(20)10-16(13)21(18(11)23)17(22)9-12-3-2-4-14(19)8-12/h2-8,10H,9,20H2,1H3. The third-order valence-corrected chi connectivity index (χ3v) is 3.94. The number of carbonyl (C=O) groups excluding carboxylic acids is 1. The molecule has 5 heteroatoms. The van der Waals surface area contributed by atoms with Gasteiger partial charge in [-0.3, -0.25) is 9.59 Å². The number of hydrogen-bond donors (Lipinski definition) is 1. The van der Waals surface area contributed by atoms with Gasteiger partial charge in [0.25, 0.3) is 5.56 Å². The molecule has 0 saturated heterocycles. The van der Waals surface area contributed by atoms with Crippen LogP contribution in [0.15, 0.2) is 53.3 Å². The van der Waals surface area contributed by atoms with Crippen molar-refractivity contribution < 1.29 is 4.79 Å². The van der Waals surface area contributed by atoms with Gasteiger partial charge in [-0.15, -0.1) is 0 Å². The van der Waals surface area contributed by atoms with Gasteiger partial charge >= 0.3 is 0 Å². The number of rotatable bonds is 2. The fraction of sp³-hybridized carbons (Fsp3) is 0.111. The highest BCUT2D eigenvalue weighted by atomic mass is 35.5. The van der Waals surface area contributed by atoms with Crippen molar-refractivity contribution in [2.75, 3.05) is 5.73 Å². The van der Waals surface area contributed by atoms with Crippen molar-refractivity contribution in [1.29, 1.82) is 0 Å². The molecular weight excluding hydrogens is 312 g/mol. The van der Waals surface area contributed by atoms with Gasteiger partial charge in [-0.05, 0) is 48.2 Å². The molecule has 0 aliphatic rings. The normalized spacial score (nSPS) is 10.9. The molecule has 0 atom stereocenters. The number of benzene rings is 2. The first-order chi connectivity index (χ1) is 11.0. The second kappa shape index (κ2) is 5.89. The molecule has 0 radical (unpaired) electrons. The Morgan fingerprint density at radius 1 is 1.17 bits per heavy atom. The van der Waals surface area contributed by atoms with Gasteiger partial charge in [-0.25, -0.2) is 4.57 Å². The maximum Gasteiger partial charge on any atom is 0.260 e. The van der Waals surface area contributed by atoms with Gasteiger partial charge in [-0.1, -0.05) is 29.8 Å². The molecule has 0 spiro atoms. The Bertz CT molecular complexity index is 976. The number of pyridine rings is 1. The van der Waals surface area contributed by atoms with Crippen LogP contribution in [0.25, 0.3) is 10.9 Å². The van der Waals surface area contributed by atoms with Crippen LogP contribution in [-0.4, -0.2) is 10.5 Å². The van der Waals surface area contributed by atoms with Crippen molar-refractivity contribution in [2.45, 2.75) is 13.3 Å². The topological polar surface area (TPSA) is 65.1 Å². The zero-order chi connectivity index (χ0) is 16.6. The van der Waals surface area contributed by atoms with Gasteiger partial charge < -0.3 is 5.73 Å². The average Bonchev–Trinajstić information content (AvgIpc) is 2.49. The van der Waals surface area contributed by atoms with Crippen molar-refractivity contribution in [3.63, 3.8) is 0 Å². The highest BCUT2D eigenvalue weighted by molar-refractivity contribution is 6.30. The minimum Gasteiger partial charge on any atom is -0.399 e. The molecule has 0 unspecified atom stereocenters. The molecule has 3 rings (SSSR count). The Hall–Kier alpha value is -2.59. The summed E-state index contributed by atoms with van der Waals surface area (Å²) >= 11 is 5.95. The number of aromatic nitrogens is 1. The Kier molecular flexibility index (Phi) is 3.92. The van der Waals surface area contributed by atoms with Crippen molar-refractivity contribution in [3.8, 4) is 0 Å². The number of anilines is 1. The van der Waals surface area contributed by atoms with Crippen LogP contribution >= 0.6 is 11.6 Å². The van der Waals surface area contributed by atoms with Crippen LogP contribution in [-0.2, 0) is 6.42 Å². The molecule has 3 aromatic rings. The maximum absolute atomic E-state index is 12.7. The number of nitrogen functional groups attached to an aromatic ring is 1. The number of hydrogen-bond acceptors (Lipinski definition) is 3. The highest BCUT2D eigenvalue weighted by Crippen LogP contribution is 2.18. The molecule has 0 saturated carbocycles. The summed E-state index contributed by atoms with van der Waals surface area (Å²) in [5.41, 5.74) is 7.78. The predicted octanol–water partition coefficient (Wildman–Crippen LogP) is 3.43. The Morgan fingerprint density at radius 2 is 1.96 bits per heavy atom. The third kappa shape index (κ3) is 2.98. The van der Waals surface area contributed by atoms with Crippen LogP contribution in [0.4, 0.5) is 5.69 Å². The van der Waals surface area contributed by atoms with Crippen LogP contribution in [0, 0.1) is 6.92 Å². The minimum atomic E-state index is -0.324. The molecule has 0 amide bonds. The van der Waals surface area contributed by atoms with Crippen molar-refractivity contribution >= 4 is 34.1 Å². The molecule has 0 aliphatic heterocycles. The van der Waals surface area contributed by atoms with E-state index in [4.69, 9.17) is 17.3 Å². The summed E-state index contributed by atoms with van der Waals surface area (Å²) in [6, 6.07) is 14.0. The number of fused-ring (bicyclic) bond motifs is 1. The van der Waals surface area contributed by atoms with Gasteiger partial charge in [-0.2, -0.15) is 0 Å². The average molecular weight is 327 g/mol. The number of aryl methyl sites for hydroxylation is 1. The van der Waals surface area contributed by atoms with E-state index in [0.717, 1.165) is 10.9 Å². The molecule has 0 fully saturated rings. The largest absolute Gasteiger partial charge is 0.399 e. The zero-order valence-electron chi connectivity index (χ0n) is 12.5. The Morgan fingerprint density at radius 3 is 2.70 bits per heavy atom. The molecule has 1 heterocycles. The quantitative estimate of drug-likeness (QED) is 0.734. The smallest absolute Gasteiger partial charge is 0.260 e. The van der Waals surface area contributed by atoms with Crippen LogP contribution in [0.1, 0.15) is 15.9 Å². The second-order valence-corrected chi connectivity index (χ2v) is 5.92. The molecule has 23 heavy (non-hydrogen) atoms. The van der Waals surface area contributed by atoms with Gasteiger partial charge in [0.2, 0.25) is 5.91 Å².